The molecule has 0 bridgehead atoms. The van der Waals surface area contributed by atoms with E-state index in [1.165, 1.54) is 0 Å². The van der Waals surface area contributed by atoms with Crippen LogP contribution >= 0.6 is 11.6 Å². The average molecular weight is 238 g/mol. The average Bonchev–Trinajstić information content (AvgIpc) is 2.87. The number of hydrogen-bond donors (Lipinski definition) is 0. The van der Waals surface area contributed by atoms with Crippen LogP contribution in [0.15, 0.2) is 0 Å². The van der Waals surface area contributed by atoms with E-state index in [1.807, 2.05) is 0 Å². The molecule has 1 aliphatic heterocycles. The molecule has 0 spiro atoms. The normalized spacial score (nSPS) is 30.5. The van der Waals surface area contributed by atoms with Gasteiger partial charge >= 0.3 is 0 Å². The van der Waals surface area contributed by atoms with Gasteiger partial charge in [0.25, 0.3) is 0 Å². The molecule has 1 atom stereocenters. The van der Waals surface area contributed by atoms with Crippen molar-refractivity contribution in [2.75, 3.05) is 18.8 Å². The van der Waals surface area contributed by atoms with Crippen LogP contribution in [0.4, 0.5) is 0 Å². The molecule has 0 amide bonds. The molecule has 2 fully saturated rings. The van der Waals surface area contributed by atoms with Crippen LogP contribution in [-0.2, 0) is 10.0 Å². The zero-order chi connectivity index (χ0) is 10.2. The second-order valence-corrected chi connectivity index (χ2v) is 6.95. The van der Waals surface area contributed by atoms with Gasteiger partial charge in [-0.1, -0.05) is 0 Å². The fourth-order valence-electron chi connectivity index (χ4n) is 1.83. The monoisotopic (exact) mass is 237 g/mol. The number of piperidine rings is 1. The molecule has 0 N–H and O–H groups in total. The van der Waals surface area contributed by atoms with Crippen molar-refractivity contribution < 1.29 is 8.42 Å². The number of alkyl halides is 1. The van der Waals surface area contributed by atoms with Gasteiger partial charge in [-0.05, 0) is 31.6 Å². The summed E-state index contributed by atoms with van der Waals surface area (Å²) in [4.78, 5) is 0. The van der Waals surface area contributed by atoms with Crippen LogP contribution in [0.5, 0.6) is 0 Å². The molecule has 5 heteroatoms. The first-order valence-electron chi connectivity index (χ1n) is 5.20. The van der Waals surface area contributed by atoms with Gasteiger partial charge in [0.1, 0.15) is 0 Å². The number of hydrogen-bond acceptors (Lipinski definition) is 2. The zero-order valence-electron chi connectivity index (χ0n) is 8.15. The number of nitrogens with zero attached hydrogens (tertiary/aromatic N) is 1. The number of rotatable bonds is 3. The highest BCUT2D eigenvalue weighted by Gasteiger charge is 2.33. The first-order valence-corrected chi connectivity index (χ1v) is 7.24. The maximum absolute atomic E-state index is 11.8. The van der Waals surface area contributed by atoms with Crippen LogP contribution < -0.4 is 0 Å². The third kappa shape index (κ3) is 2.61. The van der Waals surface area contributed by atoms with Crippen LogP contribution in [0.3, 0.4) is 0 Å². The van der Waals surface area contributed by atoms with Crippen molar-refractivity contribution in [2.45, 2.75) is 31.1 Å². The third-order valence-electron chi connectivity index (χ3n) is 2.86. The van der Waals surface area contributed by atoms with Crippen molar-refractivity contribution in [3.63, 3.8) is 0 Å². The van der Waals surface area contributed by atoms with Crippen LogP contribution in [-0.4, -0.2) is 36.9 Å². The van der Waals surface area contributed by atoms with E-state index in [0.717, 1.165) is 25.7 Å². The first kappa shape index (κ1) is 10.7. The molecule has 1 heterocycles. The second kappa shape index (κ2) is 3.99. The zero-order valence-corrected chi connectivity index (χ0v) is 9.73. The van der Waals surface area contributed by atoms with E-state index in [4.69, 9.17) is 11.6 Å². The van der Waals surface area contributed by atoms with E-state index in [1.54, 1.807) is 4.31 Å². The van der Waals surface area contributed by atoms with Crippen molar-refractivity contribution in [2.24, 2.45) is 5.92 Å². The Bertz CT molecular complexity index is 300. The summed E-state index contributed by atoms with van der Waals surface area (Å²) >= 11 is 5.96. The molecule has 82 valence electrons. The smallest absolute Gasteiger partial charge is 0.212 e. The Hall–Kier alpha value is 0.200. The minimum Gasteiger partial charge on any atom is -0.212 e. The molecule has 2 aliphatic rings. The van der Waals surface area contributed by atoms with Crippen LogP contribution in [0, 0.1) is 5.92 Å². The van der Waals surface area contributed by atoms with Gasteiger partial charge in [-0.2, -0.15) is 0 Å². The van der Waals surface area contributed by atoms with E-state index in [9.17, 15) is 8.42 Å². The molecule has 1 unspecified atom stereocenters. The van der Waals surface area contributed by atoms with E-state index in [-0.39, 0.29) is 5.38 Å². The molecule has 14 heavy (non-hydrogen) atoms. The molecule has 0 aromatic heterocycles. The Labute approximate surface area is 90.5 Å². The SMILES string of the molecule is O=S(=O)(CC1CC1)N1CCCC(Cl)C1. The topological polar surface area (TPSA) is 37.4 Å². The molecule has 0 aromatic carbocycles. The van der Waals surface area contributed by atoms with E-state index >= 15 is 0 Å². The van der Waals surface area contributed by atoms with Crippen molar-refractivity contribution in [1.82, 2.24) is 4.31 Å². The van der Waals surface area contributed by atoms with Crippen molar-refractivity contribution in [3.8, 4) is 0 Å². The lowest BCUT2D eigenvalue weighted by Crippen LogP contribution is -2.41. The summed E-state index contributed by atoms with van der Waals surface area (Å²) in [5.41, 5.74) is 0. The summed E-state index contributed by atoms with van der Waals surface area (Å²) in [5.74, 6) is 0.770. The molecule has 2 rings (SSSR count). The van der Waals surface area contributed by atoms with Gasteiger partial charge in [-0.15, -0.1) is 11.6 Å². The predicted molar refractivity (Wildman–Crippen MR) is 57.0 cm³/mol. The number of halogens is 1. The molecule has 1 saturated heterocycles. The van der Waals surface area contributed by atoms with E-state index in [2.05, 4.69) is 0 Å². The van der Waals surface area contributed by atoms with Crippen LogP contribution in [0.25, 0.3) is 0 Å². The maximum Gasteiger partial charge on any atom is 0.214 e. The van der Waals surface area contributed by atoms with Gasteiger partial charge in [-0.25, -0.2) is 12.7 Å². The predicted octanol–water partition coefficient (Wildman–Crippen LogP) is 1.43. The Morgan fingerprint density at radius 3 is 2.57 bits per heavy atom. The van der Waals surface area contributed by atoms with E-state index < -0.39 is 10.0 Å². The highest BCUT2D eigenvalue weighted by molar-refractivity contribution is 7.89. The summed E-state index contributed by atoms with van der Waals surface area (Å²) < 4.78 is 25.3. The highest BCUT2D eigenvalue weighted by Crippen LogP contribution is 2.32. The Morgan fingerprint density at radius 1 is 1.29 bits per heavy atom. The fourth-order valence-corrected chi connectivity index (χ4v) is 4.19. The van der Waals surface area contributed by atoms with Crippen LogP contribution in [0.1, 0.15) is 25.7 Å². The summed E-state index contributed by atoms with van der Waals surface area (Å²) in [7, 11) is -3.00. The lowest BCUT2D eigenvalue weighted by molar-refractivity contribution is 0.350. The first-order chi connectivity index (χ1) is 6.58. The van der Waals surface area contributed by atoms with Gasteiger partial charge < -0.3 is 0 Å². The quantitative estimate of drug-likeness (QED) is 0.697. The maximum atomic E-state index is 11.8. The lowest BCUT2D eigenvalue weighted by atomic mass is 10.2. The summed E-state index contributed by atoms with van der Waals surface area (Å²) in [6.07, 6.45) is 4.00. The Kier molecular flexibility index (Phi) is 3.05. The standard InChI is InChI=1S/C9H16ClNO2S/c10-9-2-1-5-11(6-9)14(12,13)7-8-3-4-8/h8-9H,1-7H2. The minimum atomic E-state index is -3.00. The summed E-state index contributed by atoms with van der Waals surface area (Å²) in [6, 6.07) is 0. The molecular weight excluding hydrogens is 222 g/mol. The molecule has 0 aromatic rings. The largest absolute Gasteiger partial charge is 0.214 e. The molecule has 0 radical (unpaired) electrons. The minimum absolute atomic E-state index is 0.0118. The second-order valence-electron chi connectivity index (χ2n) is 4.32. The van der Waals surface area contributed by atoms with Crippen molar-refractivity contribution in [1.29, 1.82) is 0 Å². The van der Waals surface area contributed by atoms with Gasteiger partial charge in [0.2, 0.25) is 10.0 Å². The third-order valence-corrected chi connectivity index (χ3v) is 5.23. The van der Waals surface area contributed by atoms with Crippen molar-refractivity contribution in [3.05, 3.63) is 0 Å². The summed E-state index contributed by atoms with van der Waals surface area (Å²) in [6.45, 7) is 1.18. The molecule has 3 nitrogen and oxygen atoms in total. The lowest BCUT2D eigenvalue weighted by Gasteiger charge is -2.28. The summed E-state index contributed by atoms with van der Waals surface area (Å²) in [5, 5.41) is 0.0118. The molecule has 1 aliphatic carbocycles. The Balaban J connectivity index is 1.97. The van der Waals surface area contributed by atoms with Gasteiger partial charge in [0, 0.05) is 18.5 Å². The molecular formula is C9H16ClNO2S. The van der Waals surface area contributed by atoms with Crippen LogP contribution in [0.2, 0.25) is 0 Å². The van der Waals surface area contributed by atoms with Gasteiger partial charge in [0.05, 0.1) is 5.75 Å². The highest BCUT2D eigenvalue weighted by atomic mass is 35.5. The molecule has 1 saturated carbocycles. The van der Waals surface area contributed by atoms with Gasteiger partial charge in [0.15, 0.2) is 0 Å². The van der Waals surface area contributed by atoms with E-state index in [0.29, 0.717) is 24.8 Å². The number of sulfonamides is 1. The van der Waals surface area contributed by atoms with Crippen molar-refractivity contribution >= 4 is 21.6 Å². The van der Waals surface area contributed by atoms with Gasteiger partial charge in [-0.3, -0.25) is 0 Å². The fraction of sp³-hybridized carbons (Fsp3) is 1.00. The Morgan fingerprint density at radius 2 is 2.00 bits per heavy atom.